The molecule has 2 N–H and O–H groups in total. The van der Waals surface area contributed by atoms with Gasteiger partial charge in [-0.1, -0.05) is 30.3 Å². The monoisotopic (exact) mass is 508 g/mol. The second-order valence-corrected chi connectivity index (χ2v) is 11.7. The van der Waals surface area contributed by atoms with Crippen LogP contribution in [0.5, 0.6) is 5.75 Å². The van der Waals surface area contributed by atoms with Crippen molar-refractivity contribution in [2.45, 2.75) is 76.5 Å². The fourth-order valence-corrected chi connectivity index (χ4v) is 6.91. The van der Waals surface area contributed by atoms with Gasteiger partial charge < -0.3 is 9.84 Å². The Balaban J connectivity index is 1.19. The van der Waals surface area contributed by atoms with Crippen molar-refractivity contribution >= 4 is 11.0 Å². The minimum atomic E-state index is -0.869. The van der Waals surface area contributed by atoms with Gasteiger partial charge in [0.2, 0.25) is 0 Å². The number of fused-ring (bicyclic) bond motifs is 3. The minimum Gasteiger partial charge on any atom is -0.493 e. The van der Waals surface area contributed by atoms with Crippen molar-refractivity contribution in [1.29, 1.82) is 0 Å². The van der Waals surface area contributed by atoms with Gasteiger partial charge in [0.15, 0.2) is 5.65 Å². The van der Waals surface area contributed by atoms with E-state index < -0.39 is 5.60 Å². The second-order valence-electron chi connectivity index (χ2n) is 11.7. The predicted molar refractivity (Wildman–Crippen MR) is 150 cm³/mol. The van der Waals surface area contributed by atoms with E-state index in [9.17, 15) is 5.11 Å². The standard InChI is InChI=1S/C32H36N4O2/c1-20-4-3-14-36(20)26-10-7-21-5-6-23(16-22(21)8-11-26)25-17-27-30(34-35-31(27)33-19-25)24-9-12-28-29(18-24)38-15-13-32(28,2)37/h5-6,9,12,16-20,26,37H,3-4,7-8,10-11,13-15H2,1-2H3,(H,33,34,35)/t20-,26?,32?/m1/s1. The summed E-state index contributed by atoms with van der Waals surface area (Å²) in [5, 5.41) is 19.4. The zero-order valence-electron chi connectivity index (χ0n) is 22.3. The van der Waals surface area contributed by atoms with Crippen LogP contribution in [0.15, 0.2) is 48.7 Å². The molecule has 0 spiro atoms. The van der Waals surface area contributed by atoms with Crippen LogP contribution in [0.2, 0.25) is 0 Å². The third kappa shape index (κ3) is 4.11. The highest BCUT2D eigenvalue weighted by molar-refractivity contribution is 5.93. The third-order valence-electron chi connectivity index (χ3n) is 9.20. The summed E-state index contributed by atoms with van der Waals surface area (Å²) in [7, 11) is 0. The molecule has 6 heteroatoms. The summed E-state index contributed by atoms with van der Waals surface area (Å²) in [6.45, 7) is 6.02. The summed E-state index contributed by atoms with van der Waals surface area (Å²) >= 11 is 0. The molecule has 3 atom stereocenters. The van der Waals surface area contributed by atoms with Crippen molar-refractivity contribution in [3.8, 4) is 28.1 Å². The molecule has 1 fully saturated rings. The molecule has 2 aliphatic heterocycles. The number of hydrogen-bond donors (Lipinski definition) is 2. The zero-order valence-corrected chi connectivity index (χ0v) is 22.3. The Bertz CT molecular complexity index is 1510. The van der Waals surface area contributed by atoms with Crippen LogP contribution in [-0.2, 0) is 18.4 Å². The normalized spacial score (nSPS) is 25.6. The average Bonchev–Trinajstić information content (AvgIpc) is 3.48. The van der Waals surface area contributed by atoms with Crippen molar-refractivity contribution in [3.63, 3.8) is 0 Å². The summed E-state index contributed by atoms with van der Waals surface area (Å²) in [6, 6.07) is 16.6. The maximum Gasteiger partial charge on any atom is 0.155 e. The molecular formula is C32H36N4O2. The molecule has 0 saturated carbocycles. The second kappa shape index (κ2) is 9.21. The molecular weight excluding hydrogens is 472 g/mol. The molecule has 2 unspecified atom stereocenters. The largest absolute Gasteiger partial charge is 0.493 e. The number of pyridine rings is 1. The highest BCUT2D eigenvalue weighted by atomic mass is 16.5. The molecule has 2 aromatic heterocycles. The quantitative estimate of drug-likeness (QED) is 0.331. The Morgan fingerprint density at radius 1 is 1.00 bits per heavy atom. The topological polar surface area (TPSA) is 74.3 Å². The van der Waals surface area contributed by atoms with Gasteiger partial charge in [0.05, 0.1) is 12.2 Å². The smallest absolute Gasteiger partial charge is 0.155 e. The number of hydrogen-bond acceptors (Lipinski definition) is 5. The molecule has 0 amide bonds. The van der Waals surface area contributed by atoms with Crippen LogP contribution in [0, 0.1) is 0 Å². The van der Waals surface area contributed by atoms with E-state index in [2.05, 4.69) is 46.3 Å². The summed E-state index contributed by atoms with van der Waals surface area (Å²) in [5.41, 5.74) is 7.85. The van der Waals surface area contributed by atoms with Crippen LogP contribution in [0.4, 0.5) is 0 Å². The summed E-state index contributed by atoms with van der Waals surface area (Å²) in [4.78, 5) is 7.48. The highest BCUT2D eigenvalue weighted by Gasteiger charge is 2.31. The van der Waals surface area contributed by atoms with E-state index in [1.54, 1.807) is 0 Å². The Morgan fingerprint density at radius 2 is 1.84 bits per heavy atom. The number of H-pyrrole nitrogens is 1. The van der Waals surface area contributed by atoms with E-state index >= 15 is 0 Å². The Labute approximate surface area is 224 Å². The van der Waals surface area contributed by atoms with Crippen molar-refractivity contribution < 1.29 is 9.84 Å². The molecule has 0 radical (unpaired) electrons. The molecule has 3 aliphatic rings. The molecule has 4 aromatic rings. The Hall–Kier alpha value is -3.22. The van der Waals surface area contributed by atoms with Crippen molar-refractivity contribution in [2.75, 3.05) is 13.2 Å². The fraction of sp³-hybridized carbons (Fsp3) is 0.438. The third-order valence-corrected chi connectivity index (χ3v) is 9.20. The van der Waals surface area contributed by atoms with Crippen LogP contribution in [0.1, 0.15) is 62.6 Å². The highest BCUT2D eigenvalue weighted by Crippen LogP contribution is 2.40. The van der Waals surface area contributed by atoms with E-state index in [0.29, 0.717) is 19.1 Å². The van der Waals surface area contributed by atoms with Crippen molar-refractivity contribution in [2.24, 2.45) is 0 Å². The molecule has 1 aliphatic carbocycles. The maximum absolute atomic E-state index is 10.8. The lowest BCUT2D eigenvalue weighted by Crippen LogP contribution is -2.37. The summed E-state index contributed by atoms with van der Waals surface area (Å²) in [5.74, 6) is 0.728. The first-order chi connectivity index (χ1) is 18.5. The van der Waals surface area contributed by atoms with E-state index in [4.69, 9.17) is 9.72 Å². The lowest BCUT2D eigenvalue weighted by Gasteiger charge is -2.31. The molecule has 0 bridgehead atoms. The molecule has 2 aromatic carbocycles. The van der Waals surface area contributed by atoms with Gasteiger partial charge in [0.1, 0.15) is 11.4 Å². The van der Waals surface area contributed by atoms with Crippen LogP contribution in [-0.4, -0.2) is 50.4 Å². The van der Waals surface area contributed by atoms with Gasteiger partial charge in [-0.15, -0.1) is 0 Å². The molecule has 6 nitrogen and oxygen atoms in total. The predicted octanol–water partition coefficient (Wildman–Crippen LogP) is 6.01. The Morgan fingerprint density at radius 3 is 2.68 bits per heavy atom. The lowest BCUT2D eigenvalue weighted by atomic mass is 9.89. The molecule has 7 rings (SSSR count). The first-order valence-corrected chi connectivity index (χ1v) is 14.2. The van der Waals surface area contributed by atoms with Gasteiger partial charge in [-0.2, -0.15) is 5.10 Å². The molecule has 196 valence electrons. The van der Waals surface area contributed by atoms with E-state index in [1.165, 1.54) is 55.3 Å². The molecule has 38 heavy (non-hydrogen) atoms. The minimum absolute atomic E-state index is 0.507. The van der Waals surface area contributed by atoms with E-state index in [0.717, 1.165) is 51.6 Å². The summed E-state index contributed by atoms with van der Waals surface area (Å²) < 4.78 is 5.90. The van der Waals surface area contributed by atoms with Crippen LogP contribution in [0.25, 0.3) is 33.4 Å². The number of nitrogens with one attached hydrogen (secondary N) is 1. The Kier molecular flexibility index (Phi) is 5.78. The molecule has 1 saturated heterocycles. The van der Waals surface area contributed by atoms with Gasteiger partial charge in [0.25, 0.3) is 0 Å². The number of nitrogens with zero attached hydrogens (tertiary/aromatic N) is 3. The number of aryl methyl sites for hydroxylation is 2. The number of ether oxygens (including phenoxy) is 1. The van der Waals surface area contributed by atoms with Gasteiger partial charge in [0, 0.05) is 46.8 Å². The number of aromatic amines is 1. The van der Waals surface area contributed by atoms with Crippen LogP contribution in [0.3, 0.4) is 0 Å². The first-order valence-electron chi connectivity index (χ1n) is 14.2. The lowest BCUT2D eigenvalue weighted by molar-refractivity contribution is 0.0147. The molecule has 4 heterocycles. The van der Waals surface area contributed by atoms with Crippen molar-refractivity contribution in [1.82, 2.24) is 20.1 Å². The maximum atomic E-state index is 10.8. The number of likely N-dealkylation sites (tertiary alicyclic amines) is 1. The van der Waals surface area contributed by atoms with Crippen molar-refractivity contribution in [3.05, 3.63) is 65.4 Å². The number of benzene rings is 2. The van der Waals surface area contributed by atoms with E-state index in [-0.39, 0.29) is 0 Å². The first kappa shape index (κ1) is 23.9. The number of rotatable bonds is 3. The van der Waals surface area contributed by atoms with Gasteiger partial charge in [-0.25, -0.2) is 4.98 Å². The van der Waals surface area contributed by atoms with Crippen LogP contribution >= 0.6 is 0 Å². The number of aromatic nitrogens is 3. The fourth-order valence-electron chi connectivity index (χ4n) is 6.91. The van der Waals surface area contributed by atoms with Gasteiger partial charge in [-0.05, 0) is 87.7 Å². The van der Waals surface area contributed by atoms with Gasteiger partial charge >= 0.3 is 0 Å². The van der Waals surface area contributed by atoms with E-state index in [1.807, 2.05) is 31.3 Å². The average molecular weight is 509 g/mol. The van der Waals surface area contributed by atoms with Gasteiger partial charge in [-0.3, -0.25) is 10.00 Å². The SMILES string of the molecule is C[C@@H]1CCCN1C1CCc2ccc(-c3cnc4[nH]nc(-c5ccc6c(c5)OCCC6(C)O)c4c3)cc2CC1. The summed E-state index contributed by atoms with van der Waals surface area (Å²) in [6.07, 6.45) is 10.1. The number of aliphatic hydroxyl groups is 1. The zero-order chi connectivity index (χ0) is 25.9. The van der Waals surface area contributed by atoms with Crippen LogP contribution < -0.4 is 4.74 Å².